The summed E-state index contributed by atoms with van der Waals surface area (Å²) < 4.78 is 33.9. The van der Waals surface area contributed by atoms with E-state index in [1.807, 2.05) is 21.1 Å². The lowest BCUT2D eigenvalue weighted by Crippen LogP contribution is -2.37. The van der Waals surface area contributed by atoms with Crippen LogP contribution < -0.4 is 4.89 Å². The minimum atomic E-state index is -4.63. The first-order valence-electron chi connectivity index (χ1n) is 27.6. The number of hydrogen-bond donors (Lipinski definition) is 0. The molecule has 2 atom stereocenters. The van der Waals surface area contributed by atoms with Crippen LogP contribution in [-0.4, -0.2) is 70.0 Å². The Balaban J connectivity index is 4.07. The predicted octanol–water partition coefficient (Wildman–Crippen LogP) is 16.4. The third-order valence-electron chi connectivity index (χ3n) is 11.3. The fourth-order valence-corrected chi connectivity index (χ4v) is 7.79. The number of rotatable bonds is 49. The van der Waals surface area contributed by atoms with Gasteiger partial charge < -0.3 is 27.9 Å². The summed E-state index contributed by atoms with van der Waals surface area (Å²) in [7, 11) is 1.15. The van der Waals surface area contributed by atoms with Crippen molar-refractivity contribution in [2.75, 3.05) is 47.5 Å². The van der Waals surface area contributed by atoms with Crippen LogP contribution in [0.1, 0.15) is 206 Å². The van der Waals surface area contributed by atoms with Crippen LogP contribution in [0.3, 0.4) is 0 Å². The average Bonchev–Trinajstić information content (AvgIpc) is 3.32. The van der Waals surface area contributed by atoms with Crippen molar-refractivity contribution in [3.05, 3.63) is 109 Å². The fraction of sp³-hybridized carbons (Fsp3) is 0.667. The van der Waals surface area contributed by atoms with Crippen LogP contribution in [0.15, 0.2) is 109 Å². The first kappa shape index (κ1) is 66.7. The number of carbonyl (C=O) groups is 2. The van der Waals surface area contributed by atoms with Gasteiger partial charge in [0.15, 0.2) is 6.10 Å². The molecule has 0 aromatic carbocycles. The number of allylic oxidation sites excluding steroid dienone is 18. The summed E-state index contributed by atoms with van der Waals surface area (Å²) in [5.41, 5.74) is 0. The lowest BCUT2D eigenvalue weighted by molar-refractivity contribution is -0.870. The van der Waals surface area contributed by atoms with Gasteiger partial charge in [-0.05, 0) is 83.5 Å². The molecular weight excluding hydrogens is 894 g/mol. The molecule has 0 fully saturated rings. The molecule has 0 aliphatic rings. The summed E-state index contributed by atoms with van der Waals surface area (Å²) in [6, 6.07) is 0. The van der Waals surface area contributed by atoms with Crippen molar-refractivity contribution < 1.29 is 42.1 Å². The van der Waals surface area contributed by atoms with Crippen molar-refractivity contribution in [1.82, 2.24) is 0 Å². The molecule has 0 aromatic rings. The second kappa shape index (κ2) is 50.6. The Morgan fingerprint density at radius 1 is 0.457 bits per heavy atom. The zero-order valence-electron chi connectivity index (χ0n) is 45.2. The normalized spacial score (nSPS) is 14.2. The number of unbranched alkanes of at least 4 members (excludes halogenated alkanes) is 17. The van der Waals surface area contributed by atoms with E-state index in [1.54, 1.807) is 0 Å². The minimum absolute atomic E-state index is 0.0358. The zero-order chi connectivity index (χ0) is 51.3. The quantitative estimate of drug-likeness (QED) is 0.0195. The number of quaternary nitrogens is 1. The van der Waals surface area contributed by atoms with Gasteiger partial charge in [0.05, 0.1) is 27.7 Å². The van der Waals surface area contributed by atoms with Crippen LogP contribution in [0.5, 0.6) is 0 Å². The highest BCUT2D eigenvalue weighted by molar-refractivity contribution is 7.45. The van der Waals surface area contributed by atoms with E-state index >= 15 is 0 Å². The number of likely N-dealkylation sites (N-methyl/N-ethyl adjacent to an activating group) is 1. The first-order valence-corrected chi connectivity index (χ1v) is 29.1. The second-order valence-electron chi connectivity index (χ2n) is 19.2. The van der Waals surface area contributed by atoms with Crippen molar-refractivity contribution >= 4 is 19.8 Å². The number of ether oxygens (including phenoxy) is 2. The zero-order valence-corrected chi connectivity index (χ0v) is 46.1. The number of carbonyl (C=O) groups excluding carboxylic acids is 2. The highest BCUT2D eigenvalue weighted by atomic mass is 31.2. The smallest absolute Gasteiger partial charge is 0.306 e. The SMILES string of the molecule is CC/C=C\C/C=C\C/C=C\C/C=C\C/C=C\C/C=C\C/C=C\C/C=C\C/C=C\CCCCCCCCCCCC(=O)OC(COC(=O)CCCCCCCCCCC)COP(=O)([O-])OCC[N+](C)(C)C. The molecule has 0 spiro atoms. The van der Waals surface area contributed by atoms with E-state index in [0.717, 1.165) is 103 Å². The molecule has 400 valence electrons. The molecule has 0 radical (unpaired) electrons. The second-order valence-corrected chi connectivity index (χ2v) is 20.6. The Morgan fingerprint density at radius 3 is 1.21 bits per heavy atom. The van der Waals surface area contributed by atoms with E-state index in [9.17, 15) is 19.0 Å². The molecule has 10 heteroatoms. The van der Waals surface area contributed by atoms with E-state index in [-0.39, 0.29) is 26.1 Å². The van der Waals surface area contributed by atoms with Crippen LogP contribution in [0, 0.1) is 0 Å². The fourth-order valence-electron chi connectivity index (χ4n) is 7.06. The number of phosphoric acid groups is 1. The Hall–Kier alpha value is -3.33. The van der Waals surface area contributed by atoms with E-state index in [2.05, 4.69) is 123 Å². The topological polar surface area (TPSA) is 111 Å². The number of esters is 2. The Bertz CT molecular complexity index is 1550. The molecule has 9 nitrogen and oxygen atoms in total. The van der Waals surface area contributed by atoms with Crippen LogP contribution in [0.4, 0.5) is 0 Å². The van der Waals surface area contributed by atoms with Gasteiger partial charge >= 0.3 is 11.9 Å². The molecule has 0 aromatic heterocycles. The monoisotopic (exact) mass is 996 g/mol. The lowest BCUT2D eigenvalue weighted by atomic mass is 10.1. The molecule has 0 rings (SSSR count). The van der Waals surface area contributed by atoms with Gasteiger partial charge in [0.25, 0.3) is 7.82 Å². The summed E-state index contributed by atoms with van der Waals surface area (Å²) >= 11 is 0. The van der Waals surface area contributed by atoms with E-state index < -0.39 is 32.5 Å². The maximum atomic E-state index is 12.7. The van der Waals surface area contributed by atoms with E-state index in [1.165, 1.54) is 70.6 Å². The van der Waals surface area contributed by atoms with Crippen LogP contribution in [-0.2, 0) is 32.7 Å². The van der Waals surface area contributed by atoms with Crippen LogP contribution >= 0.6 is 7.82 Å². The largest absolute Gasteiger partial charge is 0.756 e. The predicted molar refractivity (Wildman–Crippen MR) is 295 cm³/mol. The molecule has 70 heavy (non-hydrogen) atoms. The summed E-state index contributed by atoms with van der Waals surface area (Å²) in [5.74, 6) is -0.849. The number of nitrogens with zero attached hydrogens (tertiary/aromatic N) is 1. The number of phosphoric ester groups is 1. The van der Waals surface area contributed by atoms with Gasteiger partial charge in [-0.15, -0.1) is 0 Å². The lowest BCUT2D eigenvalue weighted by Gasteiger charge is -2.28. The molecule has 0 heterocycles. The van der Waals surface area contributed by atoms with E-state index in [4.69, 9.17) is 18.5 Å². The van der Waals surface area contributed by atoms with Gasteiger partial charge in [0.1, 0.15) is 19.8 Å². The van der Waals surface area contributed by atoms with Crippen molar-refractivity contribution in [2.24, 2.45) is 0 Å². The van der Waals surface area contributed by atoms with Gasteiger partial charge in [-0.3, -0.25) is 14.2 Å². The summed E-state index contributed by atoms with van der Waals surface area (Å²) in [5, 5.41) is 0. The average molecular weight is 996 g/mol. The highest BCUT2D eigenvalue weighted by Crippen LogP contribution is 2.38. The van der Waals surface area contributed by atoms with Crippen LogP contribution in [0.25, 0.3) is 0 Å². The molecule has 0 amide bonds. The molecule has 0 aliphatic heterocycles. The summed E-state index contributed by atoms with van der Waals surface area (Å²) in [6.07, 6.45) is 70.1. The third-order valence-corrected chi connectivity index (χ3v) is 12.3. The molecule has 0 saturated carbocycles. The number of hydrogen-bond acceptors (Lipinski definition) is 8. The Morgan fingerprint density at radius 2 is 0.814 bits per heavy atom. The molecule has 0 saturated heterocycles. The van der Waals surface area contributed by atoms with Gasteiger partial charge in [-0.2, -0.15) is 0 Å². The van der Waals surface area contributed by atoms with Gasteiger partial charge in [-0.1, -0.05) is 220 Å². The van der Waals surface area contributed by atoms with Gasteiger partial charge in [-0.25, -0.2) is 0 Å². The van der Waals surface area contributed by atoms with Gasteiger partial charge in [0.2, 0.25) is 0 Å². The summed E-state index contributed by atoms with van der Waals surface area (Å²) in [4.78, 5) is 37.6. The maximum absolute atomic E-state index is 12.7. The van der Waals surface area contributed by atoms with Crippen LogP contribution in [0.2, 0.25) is 0 Å². The van der Waals surface area contributed by atoms with Crippen molar-refractivity contribution in [2.45, 2.75) is 213 Å². The molecule has 0 N–H and O–H groups in total. The third kappa shape index (κ3) is 54.0. The van der Waals surface area contributed by atoms with E-state index in [0.29, 0.717) is 17.4 Å². The first-order chi connectivity index (χ1) is 34.0. The van der Waals surface area contributed by atoms with Crippen molar-refractivity contribution in [3.63, 3.8) is 0 Å². The maximum Gasteiger partial charge on any atom is 0.306 e. The standard InChI is InChI=1S/C60H102NO8P/c1-6-8-10-12-14-16-17-18-19-20-21-22-23-24-25-26-27-28-29-30-31-32-33-34-35-36-37-38-39-40-41-42-43-45-47-49-51-53-60(63)69-58(57-68-70(64,65)67-55-54-61(3,4)5)56-66-59(62)52-50-48-46-44-15-13-11-9-7-2/h8,10,14,16,18-19,21-22,24-25,27-28,30-31,33-34,36-37,58H,6-7,9,11-13,15,17,20,23,26,29,32,35,38-57H2,1-5H3/b10-8-,16-14-,19-18-,22-21-,25-24-,28-27-,31-30-,34-33-,37-36-. The molecule has 0 aliphatic carbocycles. The highest BCUT2D eigenvalue weighted by Gasteiger charge is 2.21. The Kier molecular flexibility index (Phi) is 48.2. The van der Waals surface area contributed by atoms with Gasteiger partial charge in [0, 0.05) is 12.8 Å². The molecular formula is C60H102NO8P. The Labute approximate surface area is 429 Å². The summed E-state index contributed by atoms with van der Waals surface area (Å²) in [6.45, 7) is 4.07. The van der Waals surface area contributed by atoms with Crippen molar-refractivity contribution in [1.29, 1.82) is 0 Å². The van der Waals surface area contributed by atoms with Crippen molar-refractivity contribution in [3.8, 4) is 0 Å². The molecule has 0 bridgehead atoms. The molecule has 2 unspecified atom stereocenters. The minimum Gasteiger partial charge on any atom is -0.756 e.